The number of piperidine rings is 1. The van der Waals surface area contributed by atoms with Crippen LogP contribution < -0.4 is 5.32 Å². The molecule has 4 nitrogen and oxygen atoms in total. The molecule has 1 aromatic carbocycles. The number of fused-ring (bicyclic) bond motifs is 1. The van der Waals surface area contributed by atoms with Gasteiger partial charge in [0, 0.05) is 17.5 Å². The molecule has 1 atom stereocenters. The van der Waals surface area contributed by atoms with Gasteiger partial charge in [-0.3, -0.25) is 19.9 Å². The van der Waals surface area contributed by atoms with Crippen LogP contribution in [0.3, 0.4) is 0 Å². The Bertz CT molecular complexity index is 737. The average Bonchev–Trinajstić information content (AvgIpc) is 2.46. The van der Waals surface area contributed by atoms with Crippen LogP contribution in [0.4, 0.5) is 0 Å². The lowest BCUT2D eigenvalue weighted by atomic mass is 9.88. The Morgan fingerprint density at radius 2 is 2.14 bits per heavy atom. The van der Waals surface area contributed by atoms with E-state index >= 15 is 0 Å². The number of carbonyl (C=O) groups is 2. The number of nitrogens with zero attached hydrogens (tertiary/aromatic N) is 1. The van der Waals surface area contributed by atoms with E-state index in [-0.39, 0.29) is 17.7 Å². The summed E-state index contributed by atoms with van der Waals surface area (Å²) in [6.45, 7) is 4.05. The first-order valence-corrected chi connectivity index (χ1v) is 7.33. The first-order chi connectivity index (χ1) is 10.1. The number of hydrogen-bond donors (Lipinski definition) is 1. The van der Waals surface area contributed by atoms with E-state index in [0.29, 0.717) is 12.8 Å². The smallest absolute Gasteiger partial charge is 0.234 e. The Balaban J connectivity index is 2.09. The van der Waals surface area contributed by atoms with Crippen molar-refractivity contribution in [1.29, 1.82) is 0 Å². The minimum atomic E-state index is -0.273. The van der Waals surface area contributed by atoms with Crippen molar-refractivity contribution < 1.29 is 9.59 Å². The van der Waals surface area contributed by atoms with Gasteiger partial charge in [-0.15, -0.1) is 0 Å². The normalized spacial score (nSPS) is 18.9. The number of aryl methyl sites for hydroxylation is 2. The van der Waals surface area contributed by atoms with Gasteiger partial charge in [0.1, 0.15) is 0 Å². The number of aromatic nitrogens is 1. The SMILES string of the molecule is CCc1cccc2cc(C3CCC(=O)NC3=O)c(C)nc12. The van der Waals surface area contributed by atoms with Crippen LogP contribution in [-0.4, -0.2) is 16.8 Å². The topological polar surface area (TPSA) is 59.1 Å². The van der Waals surface area contributed by atoms with Crippen molar-refractivity contribution in [3.05, 3.63) is 41.1 Å². The van der Waals surface area contributed by atoms with Crippen LogP contribution in [0, 0.1) is 6.92 Å². The summed E-state index contributed by atoms with van der Waals surface area (Å²) >= 11 is 0. The third-order valence-corrected chi connectivity index (χ3v) is 4.15. The summed E-state index contributed by atoms with van der Waals surface area (Å²) in [4.78, 5) is 28.1. The quantitative estimate of drug-likeness (QED) is 0.861. The standard InChI is InChI=1S/C17H18N2O2/c1-3-11-5-4-6-12-9-14(10(2)18-16(11)12)13-7-8-15(20)19-17(13)21/h4-6,9,13H,3,7-8H2,1-2H3,(H,19,20,21). The summed E-state index contributed by atoms with van der Waals surface area (Å²) in [5.41, 5.74) is 4.03. The van der Waals surface area contributed by atoms with Gasteiger partial charge >= 0.3 is 0 Å². The number of pyridine rings is 1. The van der Waals surface area contributed by atoms with Gasteiger partial charge in [-0.2, -0.15) is 0 Å². The van der Waals surface area contributed by atoms with E-state index in [0.717, 1.165) is 28.6 Å². The van der Waals surface area contributed by atoms with Gasteiger partial charge in [-0.25, -0.2) is 0 Å². The molecule has 3 rings (SSSR count). The molecule has 1 unspecified atom stereocenters. The second-order valence-electron chi connectivity index (χ2n) is 5.51. The molecule has 0 saturated carbocycles. The van der Waals surface area contributed by atoms with Crippen molar-refractivity contribution >= 4 is 22.7 Å². The number of amides is 2. The summed E-state index contributed by atoms with van der Waals surface area (Å²) < 4.78 is 0. The fourth-order valence-corrected chi connectivity index (χ4v) is 3.00. The predicted molar refractivity (Wildman–Crippen MR) is 81.0 cm³/mol. The fourth-order valence-electron chi connectivity index (χ4n) is 3.00. The first-order valence-electron chi connectivity index (χ1n) is 7.33. The molecule has 2 heterocycles. The molecule has 1 saturated heterocycles. The number of carbonyl (C=O) groups excluding carboxylic acids is 2. The summed E-state index contributed by atoms with van der Waals surface area (Å²) in [6.07, 6.45) is 1.89. The van der Waals surface area contributed by atoms with Gasteiger partial charge in [0.2, 0.25) is 11.8 Å². The Morgan fingerprint density at radius 1 is 1.33 bits per heavy atom. The Kier molecular flexibility index (Phi) is 3.45. The predicted octanol–water partition coefficient (Wildman–Crippen LogP) is 2.63. The largest absolute Gasteiger partial charge is 0.296 e. The number of para-hydroxylation sites is 1. The van der Waals surface area contributed by atoms with Gasteiger partial charge < -0.3 is 0 Å². The third kappa shape index (κ3) is 2.42. The van der Waals surface area contributed by atoms with E-state index < -0.39 is 0 Å². The molecule has 0 bridgehead atoms. The molecule has 1 aliphatic rings. The number of benzene rings is 1. The molecule has 2 amide bonds. The van der Waals surface area contributed by atoms with Crippen LogP contribution in [0.15, 0.2) is 24.3 Å². The average molecular weight is 282 g/mol. The monoisotopic (exact) mass is 282 g/mol. The maximum Gasteiger partial charge on any atom is 0.234 e. The molecule has 0 aliphatic carbocycles. The highest BCUT2D eigenvalue weighted by Crippen LogP contribution is 2.30. The lowest BCUT2D eigenvalue weighted by Gasteiger charge is -2.22. The zero-order valence-corrected chi connectivity index (χ0v) is 12.3. The lowest BCUT2D eigenvalue weighted by Crippen LogP contribution is -2.39. The molecule has 0 spiro atoms. The Labute approximate surface area is 123 Å². The molecule has 4 heteroatoms. The van der Waals surface area contributed by atoms with E-state index in [9.17, 15) is 9.59 Å². The van der Waals surface area contributed by atoms with Crippen molar-refractivity contribution in [2.24, 2.45) is 0 Å². The first kappa shape index (κ1) is 13.7. The number of imide groups is 1. The number of hydrogen-bond acceptors (Lipinski definition) is 3. The molecule has 0 radical (unpaired) electrons. The molecular formula is C17H18N2O2. The minimum absolute atomic E-state index is 0.184. The minimum Gasteiger partial charge on any atom is -0.296 e. The molecular weight excluding hydrogens is 264 g/mol. The van der Waals surface area contributed by atoms with Crippen molar-refractivity contribution in [1.82, 2.24) is 10.3 Å². The number of nitrogens with one attached hydrogen (secondary N) is 1. The highest BCUT2D eigenvalue weighted by molar-refractivity contribution is 6.01. The summed E-state index contributed by atoms with van der Waals surface area (Å²) in [7, 11) is 0. The molecule has 1 fully saturated rings. The van der Waals surface area contributed by atoms with Gasteiger partial charge in [-0.05, 0) is 37.0 Å². The lowest BCUT2D eigenvalue weighted by molar-refractivity contribution is -0.134. The third-order valence-electron chi connectivity index (χ3n) is 4.15. The van der Waals surface area contributed by atoms with Crippen LogP contribution >= 0.6 is 0 Å². The molecule has 1 aromatic heterocycles. The van der Waals surface area contributed by atoms with Crippen LogP contribution in [0.5, 0.6) is 0 Å². The second-order valence-corrected chi connectivity index (χ2v) is 5.51. The highest BCUT2D eigenvalue weighted by Gasteiger charge is 2.29. The second kappa shape index (κ2) is 5.28. The summed E-state index contributed by atoms with van der Waals surface area (Å²) in [5, 5.41) is 3.48. The van der Waals surface area contributed by atoms with E-state index in [1.807, 2.05) is 19.1 Å². The van der Waals surface area contributed by atoms with Crippen molar-refractivity contribution in [2.45, 2.75) is 39.0 Å². The zero-order valence-electron chi connectivity index (χ0n) is 12.3. The van der Waals surface area contributed by atoms with Gasteiger partial charge in [-0.1, -0.05) is 25.1 Å². The van der Waals surface area contributed by atoms with Crippen LogP contribution in [0.25, 0.3) is 10.9 Å². The van der Waals surface area contributed by atoms with Gasteiger partial charge in [0.15, 0.2) is 0 Å². The van der Waals surface area contributed by atoms with E-state index in [1.54, 1.807) is 0 Å². The Hall–Kier alpha value is -2.23. The summed E-state index contributed by atoms with van der Waals surface area (Å²) in [5.74, 6) is -0.664. The van der Waals surface area contributed by atoms with E-state index in [4.69, 9.17) is 4.98 Å². The Morgan fingerprint density at radius 3 is 2.86 bits per heavy atom. The molecule has 21 heavy (non-hydrogen) atoms. The molecule has 1 aliphatic heterocycles. The maximum atomic E-state index is 12.1. The van der Waals surface area contributed by atoms with Crippen molar-refractivity contribution in [3.8, 4) is 0 Å². The van der Waals surface area contributed by atoms with E-state index in [1.165, 1.54) is 5.56 Å². The van der Waals surface area contributed by atoms with E-state index in [2.05, 4.69) is 24.4 Å². The summed E-state index contributed by atoms with van der Waals surface area (Å²) in [6, 6.07) is 8.18. The van der Waals surface area contributed by atoms with Crippen LogP contribution in [0.2, 0.25) is 0 Å². The molecule has 2 aromatic rings. The van der Waals surface area contributed by atoms with Crippen LogP contribution in [-0.2, 0) is 16.0 Å². The van der Waals surface area contributed by atoms with Crippen molar-refractivity contribution in [3.63, 3.8) is 0 Å². The maximum absolute atomic E-state index is 12.1. The van der Waals surface area contributed by atoms with Crippen LogP contribution in [0.1, 0.15) is 42.5 Å². The van der Waals surface area contributed by atoms with Gasteiger partial charge in [0.25, 0.3) is 0 Å². The highest BCUT2D eigenvalue weighted by atomic mass is 16.2. The fraction of sp³-hybridized carbons (Fsp3) is 0.353. The molecule has 1 N–H and O–H groups in total. The number of rotatable bonds is 2. The zero-order chi connectivity index (χ0) is 15.0. The van der Waals surface area contributed by atoms with Crippen molar-refractivity contribution in [2.75, 3.05) is 0 Å². The van der Waals surface area contributed by atoms with Gasteiger partial charge in [0.05, 0.1) is 11.4 Å². The molecule has 108 valence electrons.